The van der Waals surface area contributed by atoms with Crippen molar-refractivity contribution in [3.8, 4) is 0 Å². The summed E-state index contributed by atoms with van der Waals surface area (Å²) in [5, 5.41) is 2.72. The maximum absolute atomic E-state index is 12.9. The van der Waals surface area contributed by atoms with Crippen molar-refractivity contribution in [1.29, 1.82) is 0 Å². The number of amides is 1. The standard InChI is InChI=1S/C12H15F2NO/c1-3-4-12(16)15-8(2)9-5-6-10(13)11(14)7-9/h5-8H,3-4H2,1-2H3,(H,15,16)/t8-/m1/s1. The number of rotatable bonds is 4. The molecule has 0 spiro atoms. The molecule has 0 radical (unpaired) electrons. The number of hydrogen-bond acceptors (Lipinski definition) is 1. The highest BCUT2D eigenvalue weighted by atomic mass is 19.2. The summed E-state index contributed by atoms with van der Waals surface area (Å²) in [6.45, 7) is 3.64. The van der Waals surface area contributed by atoms with Gasteiger partial charge in [-0.3, -0.25) is 4.79 Å². The molecule has 1 atom stereocenters. The topological polar surface area (TPSA) is 29.1 Å². The number of hydrogen-bond donors (Lipinski definition) is 1. The quantitative estimate of drug-likeness (QED) is 0.841. The summed E-state index contributed by atoms with van der Waals surface area (Å²) in [7, 11) is 0. The molecule has 1 aromatic carbocycles. The van der Waals surface area contributed by atoms with E-state index in [2.05, 4.69) is 5.32 Å². The minimum Gasteiger partial charge on any atom is -0.350 e. The summed E-state index contributed by atoms with van der Waals surface area (Å²) >= 11 is 0. The van der Waals surface area contributed by atoms with Crippen molar-refractivity contribution in [2.24, 2.45) is 0 Å². The second-order valence-corrected chi connectivity index (χ2v) is 3.71. The number of halogens is 2. The third-order valence-electron chi connectivity index (χ3n) is 2.30. The van der Waals surface area contributed by atoms with Gasteiger partial charge in [-0.05, 0) is 31.0 Å². The van der Waals surface area contributed by atoms with Crippen LogP contribution in [0.2, 0.25) is 0 Å². The van der Waals surface area contributed by atoms with Crippen LogP contribution in [0.15, 0.2) is 18.2 Å². The molecule has 0 bridgehead atoms. The van der Waals surface area contributed by atoms with E-state index in [1.54, 1.807) is 6.92 Å². The molecular formula is C12H15F2NO. The maximum atomic E-state index is 12.9. The number of carbonyl (C=O) groups is 1. The Balaban J connectivity index is 2.69. The lowest BCUT2D eigenvalue weighted by Gasteiger charge is -2.14. The molecule has 0 fully saturated rings. The molecule has 1 N–H and O–H groups in total. The predicted octanol–water partition coefficient (Wildman–Crippen LogP) is 2.94. The Morgan fingerprint density at radius 2 is 2.06 bits per heavy atom. The lowest BCUT2D eigenvalue weighted by molar-refractivity contribution is -0.121. The van der Waals surface area contributed by atoms with Gasteiger partial charge < -0.3 is 5.32 Å². The summed E-state index contributed by atoms with van der Waals surface area (Å²) in [6.07, 6.45) is 1.20. The van der Waals surface area contributed by atoms with Gasteiger partial charge in [-0.15, -0.1) is 0 Å². The second kappa shape index (κ2) is 5.58. The molecule has 0 aromatic heterocycles. The average Bonchev–Trinajstić information content (AvgIpc) is 2.22. The lowest BCUT2D eigenvalue weighted by atomic mass is 10.1. The van der Waals surface area contributed by atoms with E-state index in [1.165, 1.54) is 6.07 Å². The van der Waals surface area contributed by atoms with E-state index < -0.39 is 11.6 Å². The Hall–Kier alpha value is -1.45. The fourth-order valence-corrected chi connectivity index (χ4v) is 1.41. The van der Waals surface area contributed by atoms with Gasteiger partial charge in [0.1, 0.15) is 0 Å². The van der Waals surface area contributed by atoms with E-state index in [0.29, 0.717) is 12.0 Å². The summed E-state index contributed by atoms with van der Waals surface area (Å²) in [4.78, 5) is 11.3. The van der Waals surface area contributed by atoms with Gasteiger partial charge in [0.15, 0.2) is 11.6 Å². The fourth-order valence-electron chi connectivity index (χ4n) is 1.41. The minimum atomic E-state index is -0.894. The molecule has 1 amide bonds. The van der Waals surface area contributed by atoms with Crippen LogP contribution >= 0.6 is 0 Å². The van der Waals surface area contributed by atoms with Crippen molar-refractivity contribution in [1.82, 2.24) is 5.32 Å². The van der Waals surface area contributed by atoms with E-state index in [1.807, 2.05) is 6.92 Å². The molecule has 1 rings (SSSR count). The van der Waals surface area contributed by atoms with Crippen LogP contribution in [0.4, 0.5) is 8.78 Å². The predicted molar refractivity (Wildman–Crippen MR) is 57.8 cm³/mol. The van der Waals surface area contributed by atoms with Crippen molar-refractivity contribution in [3.05, 3.63) is 35.4 Å². The molecule has 16 heavy (non-hydrogen) atoms. The minimum absolute atomic E-state index is 0.0836. The molecule has 2 nitrogen and oxygen atoms in total. The van der Waals surface area contributed by atoms with Gasteiger partial charge in [-0.1, -0.05) is 13.0 Å². The Bertz CT molecular complexity index is 379. The van der Waals surface area contributed by atoms with E-state index in [4.69, 9.17) is 0 Å². The largest absolute Gasteiger partial charge is 0.350 e. The van der Waals surface area contributed by atoms with Crippen molar-refractivity contribution >= 4 is 5.91 Å². The van der Waals surface area contributed by atoms with Crippen LogP contribution in [0.25, 0.3) is 0 Å². The molecule has 0 unspecified atom stereocenters. The van der Waals surface area contributed by atoms with Crippen molar-refractivity contribution in [2.45, 2.75) is 32.7 Å². The third-order valence-corrected chi connectivity index (χ3v) is 2.30. The maximum Gasteiger partial charge on any atom is 0.220 e. The molecule has 4 heteroatoms. The van der Waals surface area contributed by atoms with Gasteiger partial charge in [-0.2, -0.15) is 0 Å². The summed E-state index contributed by atoms with van der Waals surface area (Å²) in [5.41, 5.74) is 0.559. The number of carbonyl (C=O) groups excluding carboxylic acids is 1. The molecule has 88 valence electrons. The third kappa shape index (κ3) is 3.29. The van der Waals surface area contributed by atoms with E-state index in [0.717, 1.165) is 18.6 Å². The monoisotopic (exact) mass is 227 g/mol. The molecular weight excluding hydrogens is 212 g/mol. The van der Waals surface area contributed by atoms with Crippen LogP contribution in [0.1, 0.15) is 38.3 Å². The molecule has 1 aromatic rings. The Labute approximate surface area is 93.7 Å². The first-order chi connectivity index (χ1) is 7.54. The van der Waals surface area contributed by atoms with Gasteiger partial charge in [-0.25, -0.2) is 8.78 Å². The Kier molecular flexibility index (Phi) is 4.40. The number of benzene rings is 1. The van der Waals surface area contributed by atoms with Gasteiger partial charge in [0, 0.05) is 6.42 Å². The molecule has 0 aliphatic carbocycles. The molecule has 0 heterocycles. The molecule has 0 saturated carbocycles. The summed E-state index contributed by atoms with van der Waals surface area (Å²) in [6, 6.07) is 3.32. The van der Waals surface area contributed by atoms with Gasteiger partial charge >= 0.3 is 0 Å². The van der Waals surface area contributed by atoms with Crippen molar-refractivity contribution in [3.63, 3.8) is 0 Å². The molecule has 0 aliphatic heterocycles. The zero-order valence-corrected chi connectivity index (χ0v) is 9.39. The zero-order valence-electron chi connectivity index (χ0n) is 9.39. The van der Waals surface area contributed by atoms with Gasteiger partial charge in [0.2, 0.25) is 5.91 Å². The number of nitrogens with one attached hydrogen (secondary N) is 1. The van der Waals surface area contributed by atoms with Crippen LogP contribution in [0.3, 0.4) is 0 Å². The molecule has 0 aliphatic rings. The SMILES string of the molecule is CCCC(=O)N[C@H](C)c1ccc(F)c(F)c1. The average molecular weight is 227 g/mol. The first kappa shape index (κ1) is 12.6. The van der Waals surface area contributed by atoms with E-state index >= 15 is 0 Å². The Morgan fingerprint density at radius 1 is 1.38 bits per heavy atom. The van der Waals surface area contributed by atoms with E-state index in [-0.39, 0.29) is 11.9 Å². The highest BCUT2D eigenvalue weighted by Gasteiger charge is 2.11. The summed E-state index contributed by atoms with van der Waals surface area (Å²) < 4.78 is 25.6. The zero-order chi connectivity index (χ0) is 12.1. The highest BCUT2D eigenvalue weighted by molar-refractivity contribution is 5.76. The van der Waals surface area contributed by atoms with Crippen LogP contribution < -0.4 is 5.32 Å². The Morgan fingerprint density at radius 3 is 2.62 bits per heavy atom. The normalized spacial score (nSPS) is 12.2. The highest BCUT2D eigenvalue weighted by Crippen LogP contribution is 2.15. The van der Waals surface area contributed by atoms with Crippen LogP contribution in [0, 0.1) is 11.6 Å². The van der Waals surface area contributed by atoms with Crippen LogP contribution in [0.5, 0.6) is 0 Å². The first-order valence-electron chi connectivity index (χ1n) is 5.29. The molecule has 0 saturated heterocycles. The second-order valence-electron chi connectivity index (χ2n) is 3.71. The fraction of sp³-hybridized carbons (Fsp3) is 0.417. The lowest BCUT2D eigenvalue weighted by Crippen LogP contribution is -2.26. The van der Waals surface area contributed by atoms with E-state index in [9.17, 15) is 13.6 Å². The van der Waals surface area contributed by atoms with Crippen molar-refractivity contribution in [2.75, 3.05) is 0 Å². The van der Waals surface area contributed by atoms with Crippen LogP contribution in [-0.4, -0.2) is 5.91 Å². The smallest absolute Gasteiger partial charge is 0.220 e. The van der Waals surface area contributed by atoms with Gasteiger partial charge in [0.25, 0.3) is 0 Å². The summed E-state index contributed by atoms with van der Waals surface area (Å²) in [5.74, 6) is -1.86. The first-order valence-corrected chi connectivity index (χ1v) is 5.29. The van der Waals surface area contributed by atoms with Crippen LogP contribution in [-0.2, 0) is 4.79 Å². The van der Waals surface area contributed by atoms with Crippen molar-refractivity contribution < 1.29 is 13.6 Å². The van der Waals surface area contributed by atoms with Gasteiger partial charge in [0.05, 0.1) is 6.04 Å².